The third kappa shape index (κ3) is 3.20. The fourth-order valence-electron chi connectivity index (χ4n) is 1.24. The Labute approximate surface area is 78.3 Å². The van der Waals surface area contributed by atoms with E-state index in [0.717, 1.165) is 13.1 Å². The van der Waals surface area contributed by atoms with E-state index in [4.69, 9.17) is 5.11 Å². The topological polar surface area (TPSA) is 55.8 Å². The van der Waals surface area contributed by atoms with Crippen LogP contribution in [0.15, 0.2) is 0 Å². The minimum Gasteiger partial charge on any atom is -0.374 e. The third-order valence-corrected chi connectivity index (χ3v) is 2.08. The van der Waals surface area contributed by atoms with Crippen molar-refractivity contribution in [2.45, 2.75) is 6.23 Å². The first-order valence-electron chi connectivity index (χ1n) is 4.34. The van der Waals surface area contributed by atoms with Crippen LogP contribution in [0.2, 0.25) is 0 Å². The van der Waals surface area contributed by atoms with Gasteiger partial charge in [0, 0.05) is 26.2 Å². The number of carbonyl (C=O) groups is 1. The Morgan fingerprint density at radius 2 is 2.00 bits per heavy atom. The molecule has 1 fully saturated rings. The fraction of sp³-hybridized carbons (Fsp3) is 0.750. The minimum atomic E-state index is -1.02. The molecule has 5 heteroatoms. The van der Waals surface area contributed by atoms with E-state index in [2.05, 4.69) is 17.1 Å². The molecule has 1 aliphatic rings. The number of nitrogens with one attached hydrogen (secondary N) is 1. The van der Waals surface area contributed by atoms with Gasteiger partial charge in [-0.2, -0.15) is 0 Å². The number of rotatable bonds is 1. The summed E-state index contributed by atoms with van der Waals surface area (Å²) in [5.41, 5.74) is 0. The van der Waals surface area contributed by atoms with Gasteiger partial charge >= 0.3 is 6.03 Å². The minimum absolute atomic E-state index is 0.240. The van der Waals surface area contributed by atoms with E-state index in [1.165, 1.54) is 0 Å². The lowest BCUT2D eigenvalue weighted by Crippen LogP contribution is -2.52. The first-order valence-corrected chi connectivity index (χ1v) is 4.34. The lowest BCUT2D eigenvalue weighted by atomic mass is 10.3. The number of hydrogen-bond donors (Lipinski definition) is 2. The Kier molecular flexibility index (Phi) is 3.50. The van der Waals surface area contributed by atoms with Gasteiger partial charge in [-0.1, -0.05) is 0 Å². The number of urea groups is 1. The lowest BCUT2D eigenvalue weighted by molar-refractivity contribution is 0.130. The molecule has 0 aromatic heterocycles. The predicted octanol–water partition coefficient (Wildman–Crippen LogP) is -0.904. The summed E-state index contributed by atoms with van der Waals surface area (Å²) in [6.07, 6.45) is -1.02. The van der Waals surface area contributed by atoms with Crippen LogP contribution in [-0.4, -0.2) is 60.4 Å². The van der Waals surface area contributed by atoms with Gasteiger partial charge in [-0.25, -0.2) is 4.79 Å². The smallest absolute Gasteiger partial charge is 0.319 e. The van der Waals surface area contributed by atoms with Crippen molar-refractivity contribution < 1.29 is 9.90 Å². The Morgan fingerprint density at radius 3 is 2.46 bits per heavy atom. The SMILES string of the molecule is [CH2]C(O)NC(=O)N1CCN(C)CC1. The number of amides is 2. The van der Waals surface area contributed by atoms with Crippen molar-refractivity contribution in [3.63, 3.8) is 0 Å². The first kappa shape index (κ1) is 10.3. The number of carbonyl (C=O) groups excluding carboxylic acids is 1. The summed E-state index contributed by atoms with van der Waals surface area (Å²) < 4.78 is 0. The highest BCUT2D eigenvalue weighted by molar-refractivity contribution is 5.74. The average molecular weight is 186 g/mol. The van der Waals surface area contributed by atoms with Crippen LogP contribution >= 0.6 is 0 Å². The number of hydrogen-bond acceptors (Lipinski definition) is 3. The molecule has 0 aromatic rings. The van der Waals surface area contributed by atoms with Crippen LogP contribution in [0.1, 0.15) is 0 Å². The Balaban J connectivity index is 2.31. The van der Waals surface area contributed by atoms with Crippen LogP contribution in [0.3, 0.4) is 0 Å². The van der Waals surface area contributed by atoms with Crippen molar-refractivity contribution in [2.24, 2.45) is 0 Å². The summed E-state index contributed by atoms with van der Waals surface area (Å²) in [5, 5.41) is 11.2. The quantitative estimate of drug-likeness (QED) is 0.522. The van der Waals surface area contributed by atoms with E-state index >= 15 is 0 Å². The maximum absolute atomic E-state index is 11.3. The molecule has 1 heterocycles. The second-order valence-electron chi connectivity index (χ2n) is 3.26. The second-order valence-corrected chi connectivity index (χ2v) is 3.26. The maximum atomic E-state index is 11.3. The Bertz CT molecular complexity index is 176. The van der Waals surface area contributed by atoms with Gasteiger partial charge in [-0.3, -0.25) is 0 Å². The summed E-state index contributed by atoms with van der Waals surface area (Å²) in [6, 6.07) is -0.240. The van der Waals surface area contributed by atoms with Crippen LogP contribution in [0.4, 0.5) is 4.79 Å². The van der Waals surface area contributed by atoms with Gasteiger partial charge in [0.15, 0.2) is 0 Å². The molecule has 0 spiro atoms. The Hall–Kier alpha value is -0.810. The molecule has 1 atom stereocenters. The van der Waals surface area contributed by atoms with Gasteiger partial charge < -0.3 is 20.2 Å². The number of nitrogens with zero attached hydrogens (tertiary/aromatic N) is 2. The highest BCUT2D eigenvalue weighted by atomic mass is 16.3. The molecule has 0 aliphatic carbocycles. The van der Waals surface area contributed by atoms with Gasteiger partial charge in [0.1, 0.15) is 6.23 Å². The van der Waals surface area contributed by atoms with Crippen LogP contribution in [-0.2, 0) is 0 Å². The van der Waals surface area contributed by atoms with Crippen LogP contribution in [0.25, 0.3) is 0 Å². The molecule has 0 bridgehead atoms. The van der Waals surface area contributed by atoms with Gasteiger partial charge in [0.05, 0.1) is 0 Å². The maximum Gasteiger partial charge on any atom is 0.319 e. The molecule has 5 nitrogen and oxygen atoms in total. The van der Waals surface area contributed by atoms with E-state index in [-0.39, 0.29) is 6.03 Å². The van der Waals surface area contributed by atoms with E-state index in [1.807, 2.05) is 7.05 Å². The summed E-state index contributed by atoms with van der Waals surface area (Å²) in [6.45, 7) is 6.43. The molecule has 0 saturated carbocycles. The molecular weight excluding hydrogens is 170 g/mol. The molecule has 13 heavy (non-hydrogen) atoms. The average Bonchev–Trinajstić information content (AvgIpc) is 2.04. The van der Waals surface area contributed by atoms with Gasteiger partial charge in [0.25, 0.3) is 0 Å². The zero-order chi connectivity index (χ0) is 9.84. The molecule has 1 rings (SSSR count). The van der Waals surface area contributed by atoms with Crippen molar-refractivity contribution in [3.05, 3.63) is 6.92 Å². The molecular formula is C8H16N3O2. The molecule has 75 valence electrons. The van der Waals surface area contributed by atoms with Gasteiger partial charge in [0.2, 0.25) is 0 Å². The molecule has 1 aliphatic heterocycles. The highest BCUT2D eigenvalue weighted by Crippen LogP contribution is 1.99. The molecule has 1 saturated heterocycles. The standard InChI is InChI=1S/C8H16N3O2/c1-7(12)9-8(13)11-5-3-10(2)4-6-11/h7,12H,1,3-6H2,2H3,(H,9,13). The normalized spacial score (nSPS) is 21.3. The van der Waals surface area contributed by atoms with E-state index in [0.29, 0.717) is 13.1 Å². The molecule has 1 unspecified atom stereocenters. The van der Waals surface area contributed by atoms with E-state index < -0.39 is 6.23 Å². The van der Waals surface area contributed by atoms with Crippen LogP contribution in [0.5, 0.6) is 0 Å². The van der Waals surface area contributed by atoms with Crippen molar-refractivity contribution >= 4 is 6.03 Å². The summed E-state index contributed by atoms with van der Waals surface area (Å²) >= 11 is 0. The highest BCUT2D eigenvalue weighted by Gasteiger charge is 2.19. The van der Waals surface area contributed by atoms with Crippen molar-refractivity contribution in [1.82, 2.24) is 15.1 Å². The molecule has 0 aromatic carbocycles. The van der Waals surface area contributed by atoms with Gasteiger partial charge in [-0.05, 0) is 14.0 Å². The number of piperazine rings is 1. The van der Waals surface area contributed by atoms with Crippen molar-refractivity contribution in [2.75, 3.05) is 33.2 Å². The zero-order valence-electron chi connectivity index (χ0n) is 7.86. The zero-order valence-corrected chi connectivity index (χ0v) is 7.86. The summed E-state index contributed by atoms with van der Waals surface area (Å²) in [4.78, 5) is 15.1. The van der Waals surface area contributed by atoms with Crippen LogP contribution < -0.4 is 5.32 Å². The first-order chi connectivity index (χ1) is 6.09. The van der Waals surface area contributed by atoms with Crippen LogP contribution in [0, 0.1) is 6.92 Å². The number of likely N-dealkylation sites (N-methyl/N-ethyl adjacent to an activating group) is 1. The fourth-order valence-corrected chi connectivity index (χ4v) is 1.24. The molecule has 1 radical (unpaired) electrons. The number of aliphatic hydroxyl groups excluding tert-OH is 1. The number of aliphatic hydroxyl groups is 1. The van der Waals surface area contributed by atoms with E-state index in [9.17, 15) is 4.79 Å². The monoisotopic (exact) mass is 186 g/mol. The van der Waals surface area contributed by atoms with E-state index in [1.54, 1.807) is 4.90 Å². The van der Waals surface area contributed by atoms with Crippen molar-refractivity contribution in [1.29, 1.82) is 0 Å². The summed E-state index contributed by atoms with van der Waals surface area (Å²) in [5.74, 6) is 0. The molecule has 2 amide bonds. The van der Waals surface area contributed by atoms with Crippen molar-refractivity contribution in [3.8, 4) is 0 Å². The predicted molar refractivity (Wildman–Crippen MR) is 49.0 cm³/mol. The third-order valence-electron chi connectivity index (χ3n) is 2.08. The lowest BCUT2D eigenvalue weighted by Gasteiger charge is -2.32. The molecule has 2 N–H and O–H groups in total. The Morgan fingerprint density at radius 1 is 1.46 bits per heavy atom. The largest absolute Gasteiger partial charge is 0.374 e. The summed E-state index contributed by atoms with van der Waals surface area (Å²) in [7, 11) is 2.02. The van der Waals surface area contributed by atoms with Gasteiger partial charge in [-0.15, -0.1) is 0 Å². The second kappa shape index (κ2) is 4.43.